The Morgan fingerprint density at radius 2 is 2.00 bits per heavy atom. The molecule has 7 nitrogen and oxygen atoms in total. The SMILES string of the molecule is N/N=N/N=N/[N-]O.[Na+]. The first-order chi connectivity index (χ1) is 3.41. The fourth-order valence-electron chi connectivity index (χ4n) is 0.0589. The van der Waals surface area contributed by atoms with Crippen molar-refractivity contribution < 1.29 is 34.8 Å². The van der Waals surface area contributed by atoms with Crippen LogP contribution in [0.1, 0.15) is 0 Å². The zero-order valence-electron chi connectivity index (χ0n) is 4.26. The van der Waals surface area contributed by atoms with Crippen molar-refractivity contribution in [1.29, 1.82) is 0 Å². The van der Waals surface area contributed by atoms with Crippen LogP contribution in [0, 0.1) is 0 Å². The molecular formula is H3N6NaO. The van der Waals surface area contributed by atoms with Crippen LogP contribution < -0.4 is 35.4 Å². The van der Waals surface area contributed by atoms with Crippen molar-refractivity contribution in [2.75, 3.05) is 0 Å². The fraction of sp³-hybridized carbons (Fsp3) is 0. The molecule has 0 radical (unpaired) electrons. The van der Waals surface area contributed by atoms with E-state index >= 15 is 0 Å². The Hall–Kier alpha value is -0.240. The maximum atomic E-state index is 7.51. The van der Waals surface area contributed by atoms with Gasteiger partial charge in [-0.25, -0.2) is 10.4 Å². The summed E-state index contributed by atoms with van der Waals surface area (Å²) in [6.07, 6.45) is 0. The molecule has 0 aromatic rings. The Kier molecular flexibility index (Phi) is 13.2. The molecule has 0 saturated carbocycles. The van der Waals surface area contributed by atoms with Gasteiger partial charge < -0.3 is 11.0 Å². The van der Waals surface area contributed by atoms with Crippen LogP contribution in [0.2, 0.25) is 0 Å². The van der Waals surface area contributed by atoms with Gasteiger partial charge in [0.15, 0.2) is 0 Å². The van der Waals surface area contributed by atoms with Crippen LogP contribution in [0.25, 0.3) is 5.59 Å². The summed E-state index contributed by atoms with van der Waals surface area (Å²) in [5.41, 5.74) is 2.22. The second kappa shape index (κ2) is 9.90. The van der Waals surface area contributed by atoms with Crippen LogP contribution in [0.3, 0.4) is 0 Å². The van der Waals surface area contributed by atoms with Crippen molar-refractivity contribution in [2.45, 2.75) is 0 Å². The molecule has 0 heterocycles. The summed E-state index contributed by atoms with van der Waals surface area (Å²) in [5.74, 6) is 4.45. The molecule has 0 unspecified atom stereocenters. The molecule has 0 amide bonds. The average molecular weight is 126 g/mol. The van der Waals surface area contributed by atoms with Gasteiger partial charge in [-0.1, -0.05) is 5.22 Å². The fourth-order valence-corrected chi connectivity index (χ4v) is 0.0589. The first-order valence-electron chi connectivity index (χ1n) is 1.26. The summed E-state index contributed by atoms with van der Waals surface area (Å²) in [6.45, 7) is 0. The number of rotatable bonds is 2. The van der Waals surface area contributed by atoms with Gasteiger partial charge in [-0.05, 0) is 0 Å². The van der Waals surface area contributed by atoms with Gasteiger partial charge in [0.05, 0.1) is 0 Å². The van der Waals surface area contributed by atoms with Gasteiger partial charge in [0.1, 0.15) is 0 Å². The first-order valence-corrected chi connectivity index (χ1v) is 1.26. The van der Waals surface area contributed by atoms with E-state index in [9.17, 15) is 0 Å². The van der Waals surface area contributed by atoms with Gasteiger partial charge in [-0.15, -0.1) is 5.22 Å². The maximum Gasteiger partial charge on any atom is 1.00 e. The third kappa shape index (κ3) is 9.23. The van der Waals surface area contributed by atoms with Crippen LogP contribution in [-0.4, -0.2) is 5.21 Å². The molecule has 0 aliphatic carbocycles. The topological polar surface area (TPSA) is 110 Å². The van der Waals surface area contributed by atoms with E-state index in [1.807, 2.05) is 0 Å². The molecule has 0 aliphatic rings. The molecule has 0 rings (SSSR count). The molecule has 0 aromatic heterocycles. The molecule has 0 aliphatic heterocycles. The number of nitrogens with zero attached hydrogens (tertiary/aromatic N) is 5. The number of nitrogens with two attached hydrogens (primary N) is 1. The van der Waals surface area contributed by atoms with Crippen molar-refractivity contribution in [3.05, 3.63) is 5.59 Å². The van der Waals surface area contributed by atoms with Crippen LogP contribution in [-0.2, 0) is 0 Å². The first kappa shape index (κ1) is 10.7. The Morgan fingerprint density at radius 3 is 2.38 bits per heavy atom. The number of hydrogen-bond donors (Lipinski definition) is 2. The maximum absolute atomic E-state index is 7.51. The summed E-state index contributed by atoms with van der Waals surface area (Å²) in [4.78, 5) is 0. The van der Waals surface area contributed by atoms with E-state index in [1.54, 1.807) is 0 Å². The minimum absolute atomic E-state index is 0. The average Bonchev–Trinajstić information content (AvgIpc) is 1.69. The van der Waals surface area contributed by atoms with Crippen molar-refractivity contribution >= 4 is 0 Å². The summed E-state index contributed by atoms with van der Waals surface area (Å²) in [6, 6.07) is 0. The van der Waals surface area contributed by atoms with Crippen LogP contribution in [0.5, 0.6) is 0 Å². The van der Waals surface area contributed by atoms with Gasteiger partial charge in [0.2, 0.25) is 0 Å². The monoisotopic (exact) mass is 126 g/mol. The number of hydrogen-bond acceptors (Lipinski definition) is 3. The largest absolute Gasteiger partial charge is 1.00 e. The predicted octanol–water partition coefficient (Wildman–Crippen LogP) is -2.64. The Labute approximate surface area is 67.2 Å². The predicted molar refractivity (Wildman–Crippen MR) is 19.0 cm³/mol. The van der Waals surface area contributed by atoms with Gasteiger partial charge in [0.25, 0.3) is 0 Å². The molecule has 3 N–H and O–H groups in total. The van der Waals surface area contributed by atoms with Crippen molar-refractivity contribution in [1.82, 2.24) is 0 Å². The molecule has 0 atom stereocenters. The van der Waals surface area contributed by atoms with E-state index in [1.165, 1.54) is 0 Å². The Morgan fingerprint density at radius 1 is 1.38 bits per heavy atom. The minimum Gasteiger partial charge on any atom is -0.354 e. The second-order valence-corrected chi connectivity index (χ2v) is 0.473. The van der Waals surface area contributed by atoms with Crippen LogP contribution in [0.15, 0.2) is 20.9 Å². The van der Waals surface area contributed by atoms with Crippen LogP contribution in [0.4, 0.5) is 0 Å². The van der Waals surface area contributed by atoms with E-state index in [0.29, 0.717) is 0 Å². The summed E-state index contributed by atoms with van der Waals surface area (Å²) in [5, 5.41) is 18.3. The molecule has 40 valence electrons. The normalized spacial score (nSPS) is 9.62. The molecule has 0 saturated heterocycles. The van der Waals surface area contributed by atoms with E-state index in [-0.39, 0.29) is 29.6 Å². The smallest absolute Gasteiger partial charge is 0.354 e. The van der Waals surface area contributed by atoms with Gasteiger partial charge in [-0.3, -0.25) is 5.59 Å². The van der Waals surface area contributed by atoms with E-state index in [4.69, 9.17) is 5.21 Å². The Bertz CT molecular complexity index is 76.6. The molecule has 8 heteroatoms. The van der Waals surface area contributed by atoms with Gasteiger partial charge >= 0.3 is 29.6 Å². The zero-order chi connectivity index (χ0) is 5.54. The standard InChI is InChI=1S/H3N6O.Na/c1-2-3-4-5-6-7;/h(H3-,1,2,3,4,5,6,7);/q-1;+1. The minimum atomic E-state index is 0. The molecule has 0 spiro atoms. The third-order valence-electron chi connectivity index (χ3n) is 0.172. The molecule has 0 bridgehead atoms. The summed E-state index contributed by atoms with van der Waals surface area (Å²) < 4.78 is 0. The van der Waals surface area contributed by atoms with E-state index in [0.717, 1.165) is 0 Å². The quantitative estimate of drug-likeness (QED) is 0.182. The van der Waals surface area contributed by atoms with Gasteiger partial charge in [-0.2, -0.15) is 0 Å². The zero-order valence-corrected chi connectivity index (χ0v) is 6.26. The molecule has 8 heavy (non-hydrogen) atoms. The second-order valence-electron chi connectivity index (χ2n) is 0.473. The van der Waals surface area contributed by atoms with Crippen LogP contribution >= 0.6 is 0 Å². The third-order valence-corrected chi connectivity index (χ3v) is 0.172. The summed E-state index contributed by atoms with van der Waals surface area (Å²) >= 11 is 0. The Balaban J connectivity index is 0. The molecule has 0 aromatic carbocycles. The van der Waals surface area contributed by atoms with Crippen molar-refractivity contribution in [2.24, 2.45) is 26.7 Å². The summed E-state index contributed by atoms with van der Waals surface area (Å²) in [7, 11) is 0. The van der Waals surface area contributed by atoms with Crippen molar-refractivity contribution in [3.63, 3.8) is 0 Å². The van der Waals surface area contributed by atoms with Gasteiger partial charge in [0, 0.05) is 0 Å². The van der Waals surface area contributed by atoms with E-state index < -0.39 is 0 Å². The molecular weight excluding hydrogens is 123 g/mol. The van der Waals surface area contributed by atoms with Crippen molar-refractivity contribution in [3.8, 4) is 0 Å². The molecule has 0 fully saturated rings. The van der Waals surface area contributed by atoms with E-state index in [2.05, 4.69) is 32.3 Å².